The third-order valence-electron chi connectivity index (χ3n) is 3.39. The van der Waals surface area contributed by atoms with Crippen LogP contribution in [0.5, 0.6) is 0 Å². The summed E-state index contributed by atoms with van der Waals surface area (Å²) < 4.78 is 0. The van der Waals surface area contributed by atoms with E-state index in [2.05, 4.69) is 12.2 Å². The molecule has 0 heterocycles. The molecule has 0 aliphatic heterocycles. The van der Waals surface area contributed by atoms with E-state index in [1.54, 1.807) is 7.05 Å². The molecule has 3 N–H and O–H groups in total. The van der Waals surface area contributed by atoms with Crippen LogP contribution < -0.4 is 11.1 Å². The molecule has 4 nitrogen and oxygen atoms in total. The molecular formula is C11H23N3O. The van der Waals surface area contributed by atoms with Crippen LogP contribution in [0.15, 0.2) is 0 Å². The molecule has 0 aromatic carbocycles. The Kier molecular flexibility index (Phi) is 4.39. The molecule has 1 fully saturated rings. The van der Waals surface area contributed by atoms with Crippen molar-refractivity contribution in [3.8, 4) is 0 Å². The molecule has 1 saturated carbocycles. The van der Waals surface area contributed by atoms with Gasteiger partial charge < -0.3 is 16.0 Å². The molecule has 0 spiro atoms. The van der Waals surface area contributed by atoms with Gasteiger partial charge in [-0.2, -0.15) is 0 Å². The molecule has 2 amide bonds. The van der Waals surface area contributed by atoms with Crippen molar-refractivity contribution in [2.24, 2.45) is 5.73 Å². The fourth-order valence-electron chi connectivity index (χ4n) is 2.53. The standard InChI is InChI=1S/C11H23N3O/c1-3-8-14(10(15)13-2)11(9-12)6-4-5-7-11/h3-9,12H2,1-2H3,(H,13,15). The summed E-state index contributed by atoms with van der Waals surface area (Å²) in [4.78, 5) is 13.8. The number of nitrogens with one attached hydrogen (secondary N) is 1. The van der Waals surface area contributed by atoms with E-state index in [1.165, 1.54) is 12.8 Å². The van der Waals surface area contributed by atoms with Crippen LogP contribution >= 0.6 is 0 Å². The zero-order valence-corrected chi connectivity index (χ0v) is 9.88. The van der Waals surface area contributed by atoms with Gasteiger partial charge in [0, 0.05) is 20.1 Å². The van der Waals surface area contributed by atoms with E-state index >= 15 is 0 Å². The second kappa shape index (κ2) is 5.35. The predicted molar refractivity (Wildman–Crippen MR) is 61.7 cm³/mol. The lowest BCUT2D eigenvalue weighted by molar-refractivity contribution is 0.121. The van der Waals surface area contributed by atoms with Crippen LogP contribution in [0.25, 0.3) is 0 Å². The molecule has 0 atom stereocenters. The average molecular weight is 213 g/mol. The fourth-order valence-corrected chi connectivity index (χ4v) is 2.53. The lowest BCUT2D eigenvalue weighted by atomic mass is 9.95. The van der Waals surface area contributed by atoms with Gasteiger partial charge >= 0.3 is 6.03 Å². The quantitative estimate of drug-likeness (QED) is 0.739. The van der Waals surface area contributed by atoms with Crippen LogP contribution in [-0.4, -0.2) is 36.6 Å². The topological polar surface area (TPSA) is 58.4 Å². The van der Waals surface area contributed by atoms with E-state index in [9.17, 15) is 4.79 Å². The number of carbonyl (C=O) groups is 1. The third kappa shape index (κ3) is 2.43. The summed E-state index contributed by atoms with van der Waals surface area (Å²) in [5, 5.41) is 2.72. The van der Waals surface area contributed by atoms with Crippen LogP contribution in [0, 0.1) is 0 Å². The highest BCUT2D eigenvalue weighted by atomic mass is 16.2. The monoisotopic (exact) mass is 213 g/mol. The molecule has 0 unspecified atom stereocenters. The van der Waals surface area contributed by atoms with Gasteiger partial charge in [0.05, 0.1) is 5.54 Å². The lowest BCUT2D eigenvalue weighted by Crippen LogP contribution is -2.57. The number of rotatable bonds is 4. The van der Waals surface area contributed by atoms with Gasteiger partial charge in [-0.05, 0) is 19.3 Å². The maximum Gasteiger partial charge on any atom is 0.317 e. The summed E-state index contributed by atoms with van der Waals surface area (Å²) in [6, 6.07) is 0.0178. The number of hydrogen-bond acceptors (Lipinski definition) is 2. The highest BCUT2D eigenvalue weighted by molar-refractivity contribution is 5.74. The predicted octanol–water partition coefficient (Wildman–Crippen LogP) is 1.31. The molecule has 0 saturated heterocycles. The number of amides is 2. The Bertz CT molecular complexity index is 212. The lowest BCUT2D eigenvalue weighted by Gasteiger charge is -2.40. The van der Waals surface area contributed by atoms with Gasteiger partial charge in [0.15, 0.2) is 0 Å². The van der Waals surface area contributed by atoms with Crippen molar-refractivity contribution in [3.63, 3.8) is 0 Å². The first-order valence-electron chi connectivity index (χ1n) is 5.89. The van der Waals surface area contributed by atoms with Crippen molar-refractivity contribution >= 4 is 6.03 Å². The SMILES string of the molecule is CCCN(C(=O)NC)C1(CN)CCCC1. The largest absolute Gasteiger partial charge is 0.341 e. The van der Waals surface area contributed by atoms with Crippen molar-refractivity contribution in [1.29, 1.82) is 0 Å². The number of carbonyl (C=O) groups excluding carboxylic acids is 1. The van der Waals surface area contributed by atoms with Gasteiger partial charge in [0.1, 0.15) is 0 Å². The minimum atomic E-state index is -0.0733. The fraction of sp³-hybridized carbons (Fsp3) is 0.909. The summed E-state index contributed by atoms with van der Waals surface area (Å²) in [6.07, 6.45) is 5.46. The van der Waals surface area contributed by atoms with Crippen molar-refractivity contribution in [1.82, 2.24) is 10.2 Å². The Morgan fingerprint density at radius 1 is 1.47 bits per heavy atom. The smallest absolute Gasteiger partial charge is 0.317 e. The summed E-state index contributed by atoms with van der Waals surface area (Å²) >= 11 is 0. The first-order chi connectivity index (χ1) is 7.20. The van der Waals surface area contributed by atoms with Crippen LogP contribution in [0.2, 0.25) is 0 Å². The molecule has 1 rings (SSSR count). The molecule has 1 aliphatic carbocycles. The average Bonchev–Trinajstić information content (AvgIpc) is 2.74. The summed E-state index contributed by atoms with van der Waals surface area (Å²) in [5.41, 5.74) is 5.80. The van der Waals surface area contributed by atoms with E-state index in [0.717, 1.165) is 25.8 Å². The molecule has 15 heavy (non-hydrogen) atoms. The molecular weight excluding hydrogens is 190 g/mol. The molecule has 4 heteroatoms. The van der Waals surface area contributed by atoms with Gasteiger partial charge in [-0.15, -0.1) is 0 Å². The number of nitrogens with zero attached hydrogens (tertiary/aromatic N) is 1. The molecule has 88 valence electrons. The maximum absolute atomic E-state index is 11.8. The van der Waals surface area contributed by atoms with Crippen molar-refractivity contribution in [2.45, 2.75) is 44.6 Å². The minimum absolute atomic E-state index is 0.0178. The van der Waals surface area contributed by atoms with Crippen molar-refractivity contribution in [3.05, 3.63) is 0 Å². The first kappa shape index (κ1) is 12.3. The third-order valence-corrected chi connectivity index (χ3v) is 3.39. The van der Waals surface area contributed by atoms with E-state index in [4.69, 9.17) is 5.73 Å². The van der Waals surface area contributed by atoms with Gasteiger partial charge in [-0.1, -0.05) is 19.8 Å². The number of hydrogen-bond donors (Lipinski definition) is 2. The normalized spacial score (nSPS) is 18.9. The van der Waals surface area contributed by atoms with Crippen molar-refractivity contribution in [2.75, 3.05) is 20.1 Å². The van der Waals surface area contributed by atoms with Gasteiger partial charge in [-0.25, -0.2) is 4.79 Å². The van der Waals surface area contributed by atoms with Crippen LogP contribution in [0.1, 0.15) is 39.0 Å². The maximum atomic E-state index is 11.8. The molecule has 1 aliphatic rings. The van der Waals surface area contributed by atoms with E-state index in [-0.39, 0.29) is 11.6 Å². The van der Waals surface area contributed by atoms with Crippen LogP contribution in [0.4, 0.5) is 4.79 Å². The minimum Gasteiger partial charge on any atom is -0.341 e. The zero-order valence-electron chi connectivity index (χ0n) is 9.88. The second-order valence-electron chi connectivity index (χ2n) is 4.34. The summed E-state index contributed by atoms with van der Waals surface area (Å²) in [5.74, 6) is 0. The zero-order chi connectivity index (χ0) is 11.3. The number of nitrogens with two attached hydrogens (primary N) is 1. The van der Waals surface area contributed by atoms with Gasteiger partial charge in [0.25, 0.3) is 0 Å². The molecule has 0 aromatic heterocycles. The molecule has 0 radical (unpaired) electrons. The van der Waals surface area contributed by atoms with Crippen LogP contribution in [0.3, 0.4) is 0 Å². The Balaban J connectivity index is 2.79. The van der Waals surface area contributed by atoms with E-state index in [0.29, 0.717) is 6.54 Å². The Morgan fingerprint density at radius 3 is 2.47 bits per heavy atom. The van der Waals surface area contributed by atoms with Gasteiger partial charge in [-0.3, -0.25) is 0 Å². The van der Waals surface area contributed by atoms with Crippen LogP contribution in [-0.2, 0) is 0 Å². The second-order valence-corrected chi connectivity index (χ2v) is 4.34. The Morgan fingerprint density at radius 2 is 2.07 bits per heavy atom. The highest BCUT2D eigenvalue weighted by Gasteiger charge is 2.40. The summed E-state index contributed by atoms with van der Waals surface area (Å²) in [6.45, 7) is 3.48. The highest BCUT2D eigenvalue weighted by Crippen LogP contribution is 2.34. The summed E-state index contributed by atoms with van der Waals surface area (Å²) in [7, 11) is 1.68. The molecule has 0 bridgehead atoms. The van der Waals surface area contributed by atoms with Gasteiger partial charge in [0.2, 0.25) is 0 Å². The van der Waals surface area contributed by atoms with E-state index in [1.807, 2.05) is 4.90 Å². The Labute approximate surface area is 92.2 Å². The molecule has 0 aromatic rings. The van der Waals surface area contributed by atoms with E-state index < -0.39 is 0 Å². The Hall–Kier alpha value is -0.770. The number of urea groups is 1. The van der Waals surface area contributed by atoms with Crippen molar-refractivity contribution < 1.29 is 4.79 Å². The first-order valence-corrected chi connectivity index (χ1v) is 5.89.